The van der Waals surface area contributed by atoms with Gasteiger partial charge in [0, 0.05) is 0 Å². The van der Waals surface area contributed by atoms with Crippen LogP contribution < -0.4 is 0 Å². The quantitative estimate of drug-likeness (QED) is 0.550. The van der Waals surface area contributed by atoms with Crippen LogP contribution in [0.15, 0.2) is 0 Å². The molecule has 21 valence electrons. The summed E-state index contributed by atoms with van der Waals surface area (Å²) in [6.07, 6.45) is 0. The number of rotatable bonds is 0. The first-order valence-corrected chi connectivity index (χ1v) is 11.8. The Morgan fingerprint density at radius 3 is 1.25 bits per heavy atom. The topological polar surface area (TPSA) is 0 Å². The Balaban J connectivity index is 0. The third-order valence-corrected chi connectivity index (χ3v) is 0. The van der Waals surface area contributed by atoms with Crippen molar-refractivity contribution < 1.29 is 17.3 Å². The van der Waals surface area contributed by atoms with Crippen molar-refractivity contribution in [2.24, 2.45) is 0 Å². The summed E-state index contributed by atoms with van der Waals surface area (Å²) in [6, 6.07) is 0. The van der Waals surface area contributed by atoms with Crippen molar-refractivity contribution in [2.75, 3.05) is 0 Å². The Bertz CT molecular complexity index is 6.00. The molecule has 0 aliphatic rings. The molecule has 0 rings (SSSR count). The zero-order valence-electron chi connectivity index (χ0n) is 2.46. The van der Waals surface area contributed by atoms with Gasteiger partial charge in [0.2, 0.25) is 0 Å². The van der Waals surface area contributed by atoms with Gasteiger partial charge in [-0.15, -0.1) is 0 Å². The second-order valence-electron chi connectivity index (χ2n) is 0. The van der Waals surface area contributed by atoms with Crippen molar-refractivity contribution in [2.45, 2.75) is 0 Å². The Hall–Kier alpha value is 2.07. The molecule has 0 saturated carbocycles. The molecule has 0 fully saturated rings. The van der Waals surface area contributed by atoms with Crippen LogP contribution in [0.4, 0.5) is 0 Å². The molecular formula is H2Cl2InZn. The summed E-state index contributed by atoms with van der Waals surface area (Å²) < 4.78 is 0. The minimum absolute atomic E-state index is 0.422. The Morgan fingerprint density at radius 1 is 1.25 bits per heavy atom. The molecule has 0 N–H and O–H groups in total. The van der Waals surface area contributed by atoms with Crippen LogP contribution in [0.25, 0.3) is 0 Å². The van der Waals surface area contributed by atoms with Gasteiger partial charge in [-0.1, -0.05) is 0 Å². The van der Waals surface area contributed by atoms with Crippen molar-refractivity contribution in [3.63, 3.8) is 0 Å². The molecular weight excluding hydrogens is 251 g/mol. The fraction of sp³-hybridized carbons (Fsp3) is 0. The zero-order chi connectivity index (χ0) is 4.00. The van der Waals surface area contributed by atoms with Crippen LogP contribution >= 0.6 is 18.3 Å². The van der Waals surface area contributed by atoms with Gasteiger partial charge >= 0.3 is 58.8 Å². The summed E-state index contributed by atoms with van der Waals surface area (Å²) in [4.78, 5) is 0. The molecule has 0 bridgehead atoms. The van der Waals surface area contributed by atoms with Gasteiger partial charge in [0.15, 0.2) is 0 Å². The van der Waals surface area contributed by atoms with Gasteiger partial charge in [-0.3, -0.25) is 0 Å². The molecule has 0 atom stereocenters. The fourth-order valence-corrected chi connectivity index (χ4v) is 0. The number of halogens is 2. The molecule has 0 aromatic heterocycles. The Labute approximate surface area is 58.1 Å². The van der Waals surface area contributed by atoms with Crippen LogP contribution in [0.5, 0.6) is 0 Å². The molecule has 0 saturated heterocycles. The molecule has 0 aromatic carbocycles. The zero-order valence-corrected chi connectivity index (χ0v) is 12.7. The third-order valence-electron chi connectivity index (χ3n) is 0. The van der Waals surface area contributed by atoms with Crippen LogP contribution in [-0.2, 0) is 17.3 Å². The molecule has 0 nitrogen and oxygen atoms in total. The van der Waals surface area contributed by atoms with Crippen LogP contribution in [-0.4, -0.2) is 23.2 Å². The van der Waals surface area contributed by atoms with E-state index in [2.05, 4.69) is 0 Å². The van der Waals surface area contributed by atoms with Crippen molar-refractivity contribution in [3.8, 4) is 0 Å². The number of hydrogen-bond donors (Lipinski definition) is 0. The van der Waals surface area contributed by atoms with Crippen molar-refractivity contribution in [1.82, 2.24) is 0 Å². The first-order valence-electron chi connectivity index (χ1n) is 0.645. The molecule has 0 aromatic rings. The van der Waals surface area contributed by atoms with Gasteiger partial charge in [-0.2, -0.15) is 0 Å². The maximum absolute atomic E-state index is 4.85. The van der Waals surface area contributed by atoms with E-state index in [0.717, 1.165) is 17.3 Å². The summed E-state index contributed by atoms with van der Waals surface area (Å²) in [7, 11) is 9.61. The summed E-state index contributed by atoms with van der Waals surface area (Å²) in [5.74, 6) is 0. The minimum atomic E-state index is 0.422. The third kappa shape index (κ3) is 8.95. The Kier molecular flexibility index (Phi) is 46.1. The second kappa shape index (κ2) is 19.6. The molecule has 0 amide bonds. The van der Waals surface area contributed by atoms with Gasteiger partial charge in [-0.25, -0.2) is 0 Å². The van der Waals surface area contributed by atoms with Gasteiger partial charge in [0.25, 0.3) is 0 Å². The molecule has 0 spiro atoms. The molecule has 4 heteroatoms. The van der Waals surface area contributed by atoms with Crippen molar-refractivity contribution in [1.29, 1.82) is 0 Å². The fourth-order valence-electron chi connectivity index (χ4n) is 0. The van der Waals surface area contributed by atoms with Crippen molar-refractivity contribution in [3.05, 3.63) is 0 Å². The van der Waals surface area contributed by atoms with E-state index < -0.39 is 0 Å². The first-order chi connectivity index (χ1) is 2.00. The van der Waals surface area contributed by atoms with E-state index in [1.165, 1.54) is 0 Å². The maximum atomic E-state index is 4.85. The predicted molar refractivity (Wildman–Crippen MR) is 20.2 cm³/mol. The van der Waals surface area contributed by atoms with E-state index in [1.807, 2.05) is 0 Å². The molecule has 0 aliphatic heterocycles. The van der Waals surface area contributed by atoms with Gasteiger partial charge < -0.3 is 0 Å². The molecule has 0 heterocycles. The van der Waals surface area contributed by atoms with E-state index in [-0.39, 0.29) is 0 Å². The van der Waals surface area contributed by atoms with E-state index >= 15 is 0 Å². The number of hydrogen-bond acceptors (Lipinski definition) is 0. The normalized spacial score (nSPS) is 3.00. The summed E-state index contributed by atoms with van der Waals surface area (Å²) in [5.41, 5.74) is 0. The molecule has 0 aliphatic carbocycles. The van der Waals surface area contributed by atoms with Crippen LogP contribution in [0, 0.1) is 0 Å². The predicted octanol–water partition coefficient (Wildman–Crippen LogP) is 0.460. The van der Waals surface area contributed by atoms with Gasteiger partial charge in [0.1, 0.15) is 0 Å². The first kappa shape index (κ1) is 9.42. The van der Waals surface area contributed by atoms with Gasteiger partial charge in [0.05, 0.1) is 0 Å². The van der Waals surface area contributed by atoms with Crippen molar-refractivity contribution >= 4 is 41.5 Å². The standard InChI is InChI=1S/2ClH.In.Zn.2H/h2*1H;;;;/q;;2*+1;;/p-2. The van der Waals surface area contributed by atoms with Crippen LogP contribution in [0.1, 0.15) is 0 Å². The summed E-state index contributed by atoms with van der Waals surface area (Å²) in [5, 5.41) is 0. The second-order valence-corrected chi connectivity index (χ2v) is 0. The SMILES string of the molecule is [Cl][InH2].[Cl][Zn]. The van der Waals surface area contributed by atoms with Gasteiger partial charge in [-0.05, 0) is 0 Å². The molecule has 0 unspecified atom stereocenters. The average molecular weight is 253 g/mol. The summed E-state index contributed by atoms with van der Waals surface area (Å²) >= 11 is 1.27. The summed E-state index contributed by atoms with van der Waals surface area (Å²) in [6.45, 7) is 0. The molecule has 4 heavy (non-hydrogen) atoms. The van der Waals surface area contributed by atoms with E-state index in [1.54, 1.807) is 0 Å². The van der Waals surface area contributed by atoms with Crippen LogP contribution in [0.3, 0.4) is 0 Å². The van der Waals surface area contributed by atoms with E-state index in [9.17, 15) is 0 Å². The van der Waals surface area contributed by atoms with E-state index in [0.29, 0.717) is 23.2 Å². The average Bonchev–Trinajstić information content (AvgIpc) is 1.50. The van der Waals surface area contributed by atoms with E-state index in [4.69, 9.17) is 18.3 Å². The Morgan fingerprint density at radius 2 is 1.25 bits per heavy atom. The monoisotopic (exact) mass is 251 g/mol. The molecule has 0 radical (unpaired) electrons. The van der Waals surface area contributed by atoms with Crippen LogP contribution in [0.2, 0.25) is 0 Å².